The van der Waals surface area contributed by atoms with E-state index in [0.717, 1.165) is 29.4 Å². The molecule has 1 rings (SSSR count). The molecule has 1 aromatic heterocycles. The molecule has 0 radical (unpaired) electrons. The Morgan fingerprint density at radius 3 is 2.50 bits per heavy atom. The van der Waals surface area contributed by atoms with Gasteiger partial charge >= 0.3 is 0 Å². The maximum atomic E-state index is 9.79. The molecule has 0 amide bonds. The Balaban J connectivity index is 2.70. The SMILES string of the molecule is CCc1nn(C)c(CCC(O)C(C)C)c1Br. The highest BCUT2D eigenvalue weighted by Gasteiger charge is 2.15. The van der Waals surface area contributed by atoms with Gasteiger partial charge in [0.1, 0.15) is 0 Å². The Kier molecular flexibility index (Phi) is 4.99. The zero-order valence-corrected chi connectivity index (χ0v) is 12.1. The van der Waals surface area contributed by atoms with Crippen LogP contribution in [0.25, 0.3) is 0 Å². The molecule has 0 aromatic carbocycles. The standard InChI is InChI=1S/C12H21BrN2O/c1-5-9-12(13)10(15(4)14-9)6-7-11(16)8(2)3/h8,11,16H,5-7H2,1-4H3. The molecule has 92 valence electrons. The predicted molar refractivity (Wildman–Crippen MR) is 69.5 cm³/mol. The van der Waals surface area contributed by atoms with Gasteiger partial charge in [-0.2, -0.15) is 5.10 Å². The molecule has 0 bridgehead atoms. The van der Waals surface area contributed by atoms with E-state index >= 15 is 0 Å². The molecule has 3 nitrogen and oxygen atoms in total. The van der Waals surface area contributed by atoms with Gasteiger partial charge < -0.3 is 5.11 Å². The molecule has 1 unspecified atom stereocenters. The Labute approximate surface area is 106 Å². The molecule has 1 heterocycles. The molecule has 16 heavy (non-hydrogen) atoms. The van der Waals surface area contributed by atoms with E-state index in [1.54, 1.807) is 0 Å². The summed E-state index contributed by atoms with van der Waals surface area (Å²) >= 11 is 3.58. The van der Waals surface area contributed by atoms with Gasteiger partial charge in [0.15, 0.2) is 0 Å². The monoisotopic (exact) mass is 288 g/mol. The van der Waals surface area contributed by atoms with Crippen molar-refractivity contribution in [2.24, 2.45) is 13.0 Å². The van der Waals surface area contributed by atoms with Gasteiger partial charge in [-0.1, -0.05) is 20.8 Å². The van der Waals surface area contributed by atoms with Crippen LogP contribution in [0.3, 0.4) is 0 Å². The summed E-state index contributed by atoms with van der Waals surface area (Å²) in [6.45, 7) is 6.18. The number of hydrogen-bond donors (Lipinski definition) is 1. The second-order valence-corrected chi connectivity index (χ2v) is 5.33. The summed E-state index contributed by atoms with van der Waals surface area (Å²) in [6, 6.07) is 0. The maximum Gasteiger partial charge on any atom is 0.0766 e. The predicted octanol–water partition coefficient (Wildman–Crippen LogP) is 2.69. The van der Waals surface area contributed by atoms with Crippen LogP contribution in [-0.4, -0.2) is 21.0 Å². The van der Waals surface area contributed by atoms with Crippen LogP contribution in [0, 0.1) is 5.92 Å². The molecule has 0 spiro atoms. The Morgan fingerprint density at radius 1 is 1.44 bits per heavy atom. The Bertz CT molecular complexity index is 347. The van der Waals surface area contributed by atoms with Crippen molar-refractivity contribution in [3.8, 4) is 0 Å². The topological polar surface area (TPSA) is 38.0 Å². The highest BCUT2D eigenvalue weighted by Crippen LogP contribution is 2.23. The summed E-state index contributed by atoms with van der Waals surface area (Å²) < 4.78 is 3.02. The minimum absolute atomic E-state index is 0.230. The zero-order chi connectivity index (χ0) is 12.3. The van der Waals surface area contributed by atoms with Crippen molar-refractivity contribution in [2.75, 3.05) is 0 Å². The summed E-state index contributed by atoms with van der Waals surface area (Å²) in [5, 5.41) is 14.2. The van der Waals surface area contributed by atoms with Crippen molar-refractivity contribution < 1.29 is 5.11 Å². The lowest BCUT2D eigenvalue weighted by molar-refractivity contribution is 0.116. The smallest absolute Gasteiger partial charge is 0.0766 e. The van der Waals surface area contributed by atoms with Gasteiger partial charge in [0.25, 0.3) is 0 Å². The van der Waals surface area contributed by atoms with Gasteiger partial charge in [-0.15, -0.1) is 0 Å². The van der Waals surface area contributed by atoms with E-state index in [-0.39, 0.29) is 6.10 Å². The van der Waals surface area contributed by atoms with Gasteiger partial charge in [-0.05, 0) is 41.1 Å². The number of aryl methyl sites for hydroxylation is 2. The first-order valence-corrected chi connectivity index (χ1v) is 6.65. The summed E-state index contributed by atoms with van der Waals surface area (Å²) in [7, 11) is 1.96. The maximum absolute atomic E-state index is 9.79. The summed E-state index contributed by atoms with van der Waals surface area (Å²) in [4.78, 5) is 0. The fraction of sp³-hybridized carbons (Fsp3) is 0.750. The molecule has 4 heteroatoms. The highest BCUT2D eigenvalue weighted by molar-refractivity contribution is 9.10. The lowest BCUT2D eigenvalue weighted by Gasteiger charge is -2.14. The third kappa shape index (κ3) is 3.08. The lowest BCUT2D eigenvalue weighted by atomic mass is 10.0. The number of halogens is 1. The summed E-state index contributed by atoms with van der Waals surface area (Å²) in [5.74, 6) is 0.317. The second-order valence-electron chi connectivity index (χ2n) is 4.53. The van der Waals surface area contributed by atoms with Crippen molar-refractivity contribution in [2.45, 2.75) is 46.1 Å². The van der Waals surface area contributed by atoms with Crippen LogP contribution in [-0.2, 0) is 19.9 Å². The third-order valence-electron chi connectivity index (χ3n) is 2.95. The largest absolute Gasteiger partial charge is 0.393 e. The molecular formula is C12H21BrN2O. The quantitative estimate of drug-likeness (QED) is 0.905. The zero-order valence-electron chi connectivity index (χ0n) is 10.5. The highest BCUT2D eigenvalue weighted by atomic mass is 79.9. The van der Waals surface area contributed by atoms with Crippen LogP contribution >= 0.6 is 15.9 Å². The normalized spacial score (nSPS) is 13.4. The third-order valence-corrected chi connectivity index (χ3v) is 3.86. The van der Waals surface area contributed by atoms with E-state index in [2.05, 4.69) is 28.0 Å². The Morgan fingerprint density at radius 2 is 2.06 bits per heavy atom. The number of rotatable bonds is 5. The molecular weight excluding hydrogens is 268 g/mol. The van der Waals surface area contributed by atoms with Crippen LogP contribution in [0.15, 0.2) is 4.47 Å². The number of nitrogens with zero attached hydrogens (tertiary/aromatic N) is 2. The molecule has 0 aliphatic heterocycles. The van der Waals surface area contributed by atoms with Gasteiger partial charge in [0.05, 0.1) is 22.0 Å². The van der Waals surface area contributed by atoms with Crippen molar-refractivity contribution >= 4 is 15.9 Å². The van der Waals surface area contributed by atoms with Crippen molar-refractivity contribution in [1.82, 2.24) is 9.78 Å². The molecule has 1 atom stereocenters. The second kappa shape index (κ2) is 5.82. The molecule has 0 aliphatic rings. The minimum atomic E-state index is -0.230. The fourth-order valence-corrected chi connectivity index (χ4v) is 2.52. The van der Waals surface area contributed by atoms with Gasteiger partial charge in [0.2, 0.25) is 0 Å². The van der Waals surface area contributed by atoms with Crippen molar-refractivity contribution in [3.05, 3.63) is 15.9 Å². The first kappa shape index (κ1) is 13.7. The average Bonchev–Trinajstić information content (AvgIpc) is 2.51. The summed E-state index contributed by atoms with van der Waals surface area (Å²) in [5.41, 5.74) is 2.27. The summed E-state index contributed by atoms with van der Waals surface area (Å²) in [6.07, 6.45) is 2.36. The first-order valence-electron chi connectivity index (χ1n) is 5.85. The average molecular weight is 289 g/mol. The van der Waals surface area contributed by atoms with Crippen LogP contribution in [0.2, 0.25) is 0 Å². The van der Waals surface area contributed by atoms with Crippen LogP contribution < -0.4 is 0 Å². The Hall–Kier alpha value is -0.350. The molecule has 0 saturated heterocycles. The van der Waals surface area contributed by atoms with Gasteiger partial charge in [-0.25, -0.2) is 0 Å². The molecule has 0 saturated carbocycles. The first-order chi connectivity index (χ1) is 7.47. The number of aromatic nitrogens is 2. The molecule has 1 N–H and O–H groups in total. The van der Waals surface area contributed by atoms with Crippen LogP contribution in [0.4, 0.5) is 0 Å². The van der Waals surface area contributed by atoms with Crippen molar-refractivity contribution in [1.29, 1.82) is 0 Å². The molecule has 0 fully saturated rings. The van der Waals surface area contributed by atoms with Crippen LogP contribution in [0.5, 0.6) is 0 Å². The molecule has 1 aromatic rings. The van der Waals surface area contributed by atoms with E-state index in [0.29, 0.717) is 5.92 Å². The number of hydrogen-bond acceptors (Lipinski definition) is 2. The van der Waals surface area contributed by atoms with Crippen molar-refractivity contribution in [3.63, 3.8) is 0 Å². The van der Waals surface area contributed by atoms with E-state index in [4.69, 9.17) is 0 Å². The van der Waals surface area contributed by atoms with Gasteiger partial charge in [-0.3, -0.25) is 4.68 Å². The van der Waals surface area contributed by atoms with Crippen LogP contribution in [0.1, 0.15) is 38.6 Å². The van der Waals surface area contributed by atoms with Gasteiger partial charge in [0, 0.05) is 7.05 Å². The fourth-order valence-electron chi connectivity index (χ4n) is 1.71. The number of aliphatic hydroxyl groups is 1. The number of aliphatic hydroxyl groups excluding tert-OH is 1. The van der Waals surface area contributed by atoms with E-state index in [9.17, 15) is 5.11 Å². The molecule has 0 aliphatic carbocycles. The van der Waals surface area contributed by atoms with E-state index in [1.807, 2.05) is 25.6 Å². The van der Waals surface area contributed by atoms with E-state index < -0.39 is 0 Å². The van der Waals surface area contributed by atoms with E-state index in [1.165, 1.54) is 5.69 Å². The lowest BCUT2D eigenvalue weighted by Crippen LogP contribution is -2.16. The minimum Gasteiger partial charge on any atom is -0.393 e.